The molecule has 0 bridgehead atoms. The number of hydrogen-bond acceptors (Lipinski definition) is 3. The number of hydrogen-bond donors (Lipinski definition) is 0. The third-order valence-electron chi connectivity index (χ3n) is 1.52. The van der Waals surface area contributed by atoms with Gasteiger partial charge >= 0.3 is 0 Å². The summed E-state index contributed by atoms with van der Waals surface area (Å²) >= 11 is 0. The van der Waals surface area contributed by atoms with Gasteiger partial charge in [0, 0.05) is 0 Å². The van der Waals surface area contributed by atoms with Crippen molar-refractivity contribution >= 4 is 6.47 Å². The minimum absolute atomic E-state index is 0.210. The zero-order valence-electron chi connectivity index (χ0n) is 7.47. The van der Waals surface area contributed by atoms with Crippen LogP contribution in [-0.4, -0.2) is 19.2 Å². The molecule has 0 fully saturated rings. The Kier molecular flexibility index (Phi) is 3.82. The predicted octanol–water partition coefficient (Wildman–Crippen LogP) is 1.63. The minimum atomic E-state index is -0.210. The maximum atomic E-state index is 9.95. The minimum Gasteiger partial charge on any atom is -0.490 e. The molecule has 70 valence electrons. The first-order chi connectivity index (χ1) is 6.33. The monoisotopic (exact) mass is 180 g/mol. The molecule has 0 aliphatic carbocycles. The van der Waals surface area contributed by atoms with Crippen LogP contribution in [0.25, 0.3) is 0 Å². The SMILES string of the molecule is C[C@@H](COc1ccccc1)OC=O. The average Bonchev–Trinajstić information content (AvgIpc) is 2.17. The Morgan fingerprint density at radius 1 is 1.38 bits per heavy atom. The van der Waals surface area contributed by atoms with Gasteiger partial charge in [-0.15, -0.1) is 0 Å². The van der Waals surface area contributed by atoms with Crippen molar-refractivity contribution in [3.05, 3.63) is 30.3 Å². The molecule has 1 aromatic carbocycles. The number of benzene rings is 1. The second kappa shape index (κ2) is 5.19. The molecule has 0 unspecified atom stereocenters. The van der Waals surface area contributed by atoms with Crippen LogP contribution < -0.4 is 4.74 Å². The molecular formula is C10H12O3. The number of rotatable bonds is 5. The van der Waals surface area contributed by atoms with Gasteiger partial charge in [0.05, 0.1) is 0 Å². The smallest absolute Gasteiger partial charge is 0.293 e. The molecule has 0 aliphatic heterocycles. The second-order valence-corrected chi connectivity index (χ2v) is 2.67. The second-order valence-electron chi connectivity index (χ2n) is 2.67. The van der Waals surface area contributed by atoms with E-state index in [9.17, 15) is 4.79 Å². The third-order valence-corrected chi connectivity index (χ3v) is 1.52. The standard InChI is InChI=1S/C10H12O3/c1-9(13-8-11)7-12-10-5-3-2-4-6-10/h2-6,8-9H,7H2,1H3/t9-/m0/s1. The topological polar surface area (TPSA) is 35.5 Å². The Balaban J connectivity index is 2.30. The van der Waals surface area contributed by atoms with Crippen LogP contribution >= 0.6 is 0 Å². The zero-order valence-corrected chi connectivity index (χ0v) is 7.47. The molecule has 0 spiro atoms. The molecule has 0 N–H and O–H groups in total. The summed E-state index contributed by atoms with van der Waals surface area (Å²) in [5.74, 6) is 0.781. The maximum absolute atomic E-state index is 9.95. The molecular weight excluding hydrogens is 168 g/mol. The van der Waals surface area contributed by atoms with Gasteiger partial charge in [-0.1, -0.05) is 18.2 Å². The molecule has 0 amide bonds. The van der Waals surface area contributed by atoms with Crippen LogP contribution in [0.5, 0.6) is 5.75 Å². The first-order valence-electron chi connectivity index (χ1n) is 4.10. The Morgan fingerprint density at radius 2 is 2.08 bits per heavy atom. The van der Waals surface area contributed by atoms with Crippen LogP contribution in [0.15, 0.2) is 30.3 Å². The molecule has 0 radical (unpaired) electrons. The summed E-state index contributed by atoms with van der Waals surface area (Å²) in [6.45, 7) is 2.58. The molecule has 3 heteroatoms. The summed E-state index contributed by atoms with van der Waals surface area (Å²) in [5.41, 5.74) is 0. The first kappa shape index (κ1) is 9.58. The van der Waals surface area contributed by atoms with Gasteiger partial charge in [-0.05, 0) is 19.1 Å². The summed E-state index contributed by atoms with van der Waals surface area (Å²) < 4.78 is 9.99. The molecule has 1 atom stereocenters. The van der Waals surface area contributed by atoms with Gasteiger partial charge in [0.15, 0.2) is 0 Å². The lowest BCUT2D eigenvalue weighted by Crippen LogP contribution is -2.17. The molecule has 1 rings (SSSR count). The van der Waals surface area contributed by atoms with Crippen molar-refractivity contribution in [3.63, 3.8) is 0 Å². The fourth-order valence-corrected chi connectivity index (χ4v) is 0.864. The van der Waals surface area contributed by atoms with Gasteiger partial charge in [-0.3, -0.25) is 4.79 Å². The molecule has 0 aromatic heterocycles. The van der Waals surface area contributed by atoms with Gasteiger partial charge in [0.25, 0.3) is 6.47 Å². The number of para-hydroxylation sites is 1. The lowest BCUT2D eigenvalue weighted by atomic mass is 10.3. The highest BCUT2D eigenvalue weighted by molar-refractivity contribution is 5.37. The van der Waals surface area contributed by atoms with Gasteiger partial charge in [-0.25, -0.2) is 0 Å². The summed E-state index contributed by atoms with van der Waals surface area (Å²) in [7, 11) is 0. The summed E-state index contributed by atoms with van der Waals surface area (Å²) in [6, 6.07) is 9.40. The van der Waals surface area contributed by atoms with Gasteiger partial charge in [0.2, 0.25) is 0 Å². The van der Waals surface area contributed by atoms with Crippen molar-refractivity contribution in [1.29, 1.82) is 0 Å². The van der Waals surface area contributed by atoms with Crippen LogP contribution in [0.4, 0.5) is 0 Å². The summed E-state index contributed by atoms with van der Waals surface area (Å²) in [5, 5.41) is 0. The Bertz CT molecular complexity index is 246. The van der Waals surface area contributed by atoms with Crippen LogP contribution in [0, 0.1) is 0 Å². The number of carbonyl (C=O) groups is 1. The summed E-state index contributed by atoms with van der Waals surface area (Å²) in [6.07, 6.45) is -0.210. The van der Waals surface area contributed by atoms with Gasteiger partial charge in [-0.2, -0.15) is 0 Å². The molecule has 0 aliphatic rings. The number of ether oxygens (including phenoxy) is 2. The Labute approximate surface area is 77.3 Å². The summed E-state index contributed by atoms with van der Waals surface area (Å²) in [4.78, 5) is 9.95. The van der Waals surface area contributed by atoms with Crippen molar-refractivity contribution in [1.82, 2.24) is 0 Å². The van der Waals surface area contributed by atoms with E-state index in [1.165, 1.54) is 0 Å². The molecule has 13 heavy (non-hydrogen) atoms. The van der Waals surface area contributed by atoms with Gasteiger partial charge in [0.1, 0.15) is 18.5 Å². The van der Waals surface area contributed by atoms with Crippen LogP contribution in [-0.2, 0) is 9.53 Å². The Morgan fingerprint density at radius 3 is 2.69 bits per heavy atom. The largest absolute Gasteiger partial charge is 0.490 e. The van der Waals surface area contributed by atoms with E-state index in [1.54, 1.807) is 6.92 Å². The first-order valence-corrected chi connectivity index (χ1v) is 4.10. The van der Waals surface area contributed by atoms with E-state index in [2.05, 4.69) is 4.74 Å². The van der Waals surface area contributed by atoms with Crippen molar-refractivity contribution < 1.29 is 14.3 Å². The van der Waals surface area contributed by atoms with Crippen molar-refractivity contribution in [2.24, 2.45) is 0 Å². The van der Waals surface area contributed by atoms with E-state index in [1.807, 2.05) is 30.3 Å². The number of carbonyl (C=O) groups excluding carboxylic acids is 1. The van der Waals surface area contributed by atoms with Crippen molar-refractivity contribution in [2.45, 2.75) is 13.0 Å². The van der Waals surface area contributed by atoms with E-state index < -0.39 is 0 Å². The average molecular weight is 180 g/mol. The van der Waals surface area contributed by atoms with Crippen LogP contribution in [0.1, 0.15) is 6.92 Å². The Hall–Kier alpha value is -1.51. The predicted molar refractivity (Wildman–Crippen MR) is 48.5 cm³/mol. The molecule has 3 nitrogen and oxygen atoms in total. The van der Waals surface area contributed by atoms with E-state index >= 15 is 0 Å². The highest BCUT2D eigenvalue weighted by Crippen LogP contribution is 2.08. The van der Waals surface area contributed by atoms with Crippen LogP contribution in [0.3, 0.4) is 0 Å². The quantitative estimate of drug-likeness (QED) is 0.646. The van der Waals surface area contributed by atoms with E-state index in [0.29, 0.717) is 13.1 Å². The van der Waals surface area contributed by atoms with E-state index in [0.717, 1.165) is 5.75 Å². The fourth-order valence-electron chi connectivity index (χ4n) is 0.864. The lowest BCUT2D eigenvalue weighted by Gasteiger charge is -2.10. The van der Waals surface area contributed by atoms with E-state index in [4.69, 9.17) is 4.74 Å². The van der Waals surface area contributed by atoms with Crippen molar-refractivity contribution in [3.8, 4) is 5.75 Å². The molecule has 1 aromatic rings. The lowest BCUT2D eigenvalue weighted by molar-refractivity contribution is -0.134. The maximum Gasteiger partial charge on any atom is 0.293 e. The fraction of sp³-hybridized carbons (Fsp3) is 0.300. The highest BCUT2D eigenvalue weighted by atomic mass is 16.6. The van der Waals surface area contributed by atoms with Crippen molar-refractivity contribution in [2.75, 3.05) is 6.61 Å². The normalized spacial score (nSPS) is 11.8. The highest BCUT2D eigenvalue weighted by Gasteiger charge is 2.01. The third kappa shape index (κ3) is 3.60. The zero-order chi connectivity index (χ0) is 9.52. The molecule has 0 saturated carbocycles. The van der Waals surface area contributed by atoms with E-state index in [-0.39, 0.29) is 6.10 Å². The molecule has 0 saturated heterocycles. The van der Waals surface area contributed by atoms with Crippen LogP contribution in [0.2, 0.25) is 0 Å². The molecule has 0 heterocycles. The van der Waals surface area contributed by atoms with Gasteiger partial charge < -0.3 is 9.47 Å².